The van der Waals surface area contributed by atoms with Gasteiger partial charge in [-0.25, -0.2) is 0 Å². The molecule has 0 aliphatic carbocycles. The molecule has 123 valence electrons. The molecule has 0 amide bonds. The fourth-order valence-electron chi connectivity index (χ4n) is 2.21. The third kappa shape index (κ3) is 3.41. The van der Waals surface area contributed by atoms with Crippen LogP contribution in [0.2, 0.25) is 0 Å². The number of hydroxylamine groups is 2. The van der Waals surface area contributed by atoms with E-state index >= 15 is 0 Å². The lowest BCUT2D eigenvalue weighted by Crippen LogP contribution is -2.50. The maximum absolute atomic E-state index is 12.5. The fourth-order valence-corrected chi connectivity index (χ4v) is 2.21. The van der Waals surface area contributed by atoms with Crippen molar-refractivity contribution in [2.45, 2.75) is 45.2 Å². The lowest BCUT2D eigenvalue weighted by molar-refractivity contribution is -0.158. The van der Waals surface area contributed by atoms with Crippen molar-refractivity contribution in [1.29, 1.82) is 0 Å². The Morgan fingerprint density at radius 1 is 1.26 bits per heavy atom. The summed E-state index contributed by atoms with van der Waals surface area (Å²) in [4.78, 5) is 7.28. The van der Waals surface area contributed by atoms with Crippen LogP contribution in [0.3, 0.4) is 0 Å². The largest absolute Gasteiger partial charge is 0.494 e. The molecule has 0 N–H and O–H groups in total. The summed E-state index contributed by atoms with van der Waals surface area (Å²) in [5, 5.41) is 17.0. The molecule has 1 radical (unpaired) electrons. The maximum atomic E-state index is 12.5. The minimum absolute atomic E-state index is 0.417. The highest BCUT2D eigenvalue weighted by Gasteiger charge is 2.50. The Balaban J connectivity index is 2.04. The summed E-state index contributed by atoms with van der Waals surface area (Å²) in [7, 11) is 0. The van der Waals surface area contributed by atoms with Crippen molar-refractivity contribution in [3.8, 4) is 5.75 Å². The molecule has 0 atom stereocenters. The van der Waals surface area contributed by atoms with Gasteiger partial charge >= 0.3 is 0 Å². The summed E-state index contributed by atoms with van der Waals surface area (Å²) < 4.78 is 5.56. The average molecular weight is 316 g/mol. The first-order valence-electron chi connectivity index (χ1n) is 7.61. The van der Waals surface area contributed by atoms with E-state index in [0.29, 0.717) is 31.2 Å². The van der Waals surface area contributed by atoms with Gasteiger partial charge in [-0.3, -0.25) is 4.99 Å². The summed E-state index contributed by atoms with van der Waals surface area (Å²) in [6, 6.07) is 7.31. The first-order valence-corrected chi connectivity index (χ1v) is 7.61. The molecule has 0 spiro atoms. The summed E-state index contributed by atoms with van der Waals surface area (Å²) in [5.74, 6) is 1.17. The molecule has 23 heavy (non-hydrogen) atoms. The van der Waals surface area contributed by atoms with E-state index in [4.69, 9.17) is 10.3 Å². The van der Waals surface area contributed by atoms with Gasteiger partial charge in [0.05, 0.1) is 17.7 Å². The molecule has 2 rings (SSSR count). The minimum Gasteiger partial charge on any atom is -0.494 e. The summed E-state index contributed by atoms with van der Waals surface area (Å²) in [6.07, 6.45) is 0.662. The van der Waals surface area contributed by atoms with Crippen LogP contribution in [0.4, 0.5) is 0 Å². The Labute approximate surface area is 136 Å². The summed E-state index contributed by atoms with van der Waals surface area (Å²) >= 11 is 0. The monoisotopic (exact) mass is 316 g/mol. The lowest BCUT2D eigenvalue weighted by Gasteiger charge is -2.35. The van der Waals surface area contributed by atoms with Gasteiger partial charge in [-0.15, -0.1) is 0 Å². The fraction of sp³-hybridized carbons (Fsp3) is 0.562. The summed E-state index contributed by atoms with van der Waals surface area (Å²) in [5.41, 5.74) is 7.94. The molecule has 0 saturated carbocycles. The van der Waals surface area contributed by atoms with Crippen LogP contribution >= 0.6 is 0 Å². The number of rotatable bonds is 6. The third-order valence-corrected chi connectivity index (χ3v) is 4.43. The molecule has 0 unspecified atom stereocenters. The predicted molar refractivity (Wildman–Crippen MR) is 87.8 cm³/mol. The number of benzene rings is 1. The second-order valence-corrected chi connectivity index (χ2v) is 6.53. The lowest BCUT2D eigenvalue weighted by atomic mass is 9.84. The van der Waals surface area contributed by atoms with Crippen LogP contribution in [0.25, 0.3) is 10.4 Å². The molecular weight excluding hydrogens is 294 g/mol. The van der Waals surface area contributed by atoms with Gasteiger partial charge in [0, 0.05) is 17.0 Å². The second kappa shape index (κ2) is 6.48. The first kappa shape index (κ1) is 17.1. The summed E-state index contributed by atoms with van der Waals surface area (Å²) in [6.45, 7) is 8.63. The quantitative estimate of drug-likeness (QED) is 0.346. The van der Waals surface area contributed by atoms with E-state index in [0.717, 1.165) is 10.6 Å². The van der Waals surface area contributed by atoms with E-state index < -0.39 is 11.1 Å². The van der Waals surface area contributed by atoms with Crippen LogP contribution < -0.4 is 4.74 Å². The zero-order valence-electron chi connectivity index (χ0n) is 14.0. The van der Waals surface area contributed by atoms with Crippen LogP contribution in [-0.4, -0.2) is 35.1 Å². The zero-order chi connectivity index (χ0) is 17.1. The van der Waals surface area contributed by atoms with Crippen molar-refractivity contribution in [2.75, 3.05) is 13.2 Å². The molecule has 1 aliphatic rings. The first-order chi connectivity index (χ1) is 10.8. The number of ether oxygens (including phenoxy) is 1. The van der Waals surface area contributed by atoms with Crippen molar-refractivity contribution < 1.29 is 9.94 Å². The van der Waals surface area contributed by atoms with Crippen LogP contribution in [0.1, 0.15) is 39.7 Å². The second-order valence-electron chi connectivity index (χ2n) is 6.53. The molecule has 7 heteroatoms. The number of aliphatic imine (C=N–C) groups is 1. The number of hydrogen-bond acceptors (Lipinski definition) is 4. The molecule has 1 aromatic rings. The topological polar surface area (TPSA) is 93.5 Å². The highest BCUT2D eigenvalue weighted by atomic mass is 16.5. The van der Waals surface area contributed by atoms with Gasteiger partial charge in [-0.1, -0.05) is 10.3 Å². The van der Waals surface area contributed by atoms with E-state index in [1.165, 1.54) is 0 Å². The Morgan fingerprint density at radius 3 is 2.43 bits per heavy atom. The number of nitrogens with zero attached hydrogens (tertiary/aromatic N) is 5. The highest BCUT2D eigenvalue weighted by molar-refractivity contribution is 6.00. The van der Waals surface area contributed by atoms with Crippen LogP contribution in [0.5, 0.6) is 5.75 Å². The zero-order valence-corrected chi connectivity index (χ0v) is 14.0. The van der Waals surface area contributed by atoms with E-state index in [1.807, 2.05) is 52.0 Å². The van der Waals surface area contributed by atoms with Crippen molar-refractivity contribution >= 4 is 5.84 Å². The Hall–Kier alpha value is -2.24. The van der Waals surface area contributed by atoms with Crippen LogP contribution in [0, 0.1) is 0 Å². The standard InChI is InChI=1S/C16H22N5O2/c1-15(2)16(3,4)21(22)14(19-15)12-6-8-13(9-7-12)23-11-5-10-18-20-17/h6-9H,5,10-11H2,1-4H3. The van der Waals surface area contributed by atoms with Gasteiger partial charge in [0.1, 0.15) is 5.75 Å². The normalized spacial score (nSPS) is 18.3. The van der Waals surface area contributed by atoms with Gasteiger partial charge in [0.25, 0.3) is 0 Å². The highest BCUT2D eigenvalue weighted by Crippen LogP contribution is 2.38. The minimum atomic E-state index is -0.585. The Kier molecular flexibility index (Phi) is 4.82. The van der Waals surface area contributed by atoms with Crippen LogP contribution in [-0.2, 0) is 5.21 Å². The Morgan fingerprint density at radius 2 is 1.91 bits per heavy atom. The molecule has 0 saturated heterocycles. The number of hydrogen-bond donors (Lipinski definition) is 0. The molecule has 0 bridgehead atoms. The van der Waals surface area contributed by atoms with Crippen molar-refractivity contribution in [2.24, 2.45) is 10.1 Å². The van der Waals surface area contributed by atoms with Gasteiger partial charge in [0.15, 0.2) is 5.84 Å². The molecule has 0 fully saturated rings. The molecule has 1 heterocycles. The molecule has 7 nitrogen and oxygen atoms in total. The van der Waals surface area contributed by atoms with Crippen LogP contribution in [0.15, 0.2) is 34.4 Å². The van der Waals surface area contributed by atoms with Gasteiger partial charge in [-0.05, 0) is 63.9 Å². The molecule has 1 aliphatic heterocycles. The van der Waals surface area contributed by atoms with E-state index in [1.54, 1.807) is 0 Å². The maximum Gasteiger partial charge on any atom is 0.159 e. The number of amidine groups is 1. The van der Waals surface area contributed by atoms with Gasteiger partial charge < -0.3 is 4.74 Å². The number of azide groups is 1. The SMILES string of the molecule is CC1(C)N=C(c2ccc(OCCCN=[N+]=[N-])cc2)N([O])C1(C)C. The Bertz CT molecular complexity index is 630. The van der Waals surface area contributed by atoms with Crippen molar-refractivity contribution in [1.82, 2.24) is 5.06 Å². The van der Waals surface area contributed by atoms with E-state index in [-0.39, 0.29) is 0 Å². The molecule has 1 aromatic carbocycles. The van der Waals surface area contributed by atoms with Gasteiger partial charge in [-0.2, -0.15) is 5.06 Å². The van der Waals surface area contributed by atoms with Crippen molar-refractivity contribution in [3.05, 3.63) is 40.3 Å². The third-order valence-electron chi connectivity index (χ3n) is 4.43. The predicted octanol–water partition coefficient (Wildman–Crippen LogP) is 3.73. The van der Waals surface area contributed by atoms with E-state index in [9.17, 15) is 5.21 Å². The molecular formula is C16H22N5O2. The van der Waals surface area contributed by atoms with Crippen molar-refractivity contribution in [3.63, 3.8) is 0 Å². The molecule has 0 aromatic heterocycles. The van der Waals surface area contributed by atoms with E-state index in [2.05, 4.69) is 15.0 Å². The smallest absolute Gasteiger partial charge is 0.159 e. The average Bonchev–Trinajstić information content (AvgIpc) is 2.67. The van der Waals surface area contributed by atoms with Gasteiger partial charge in [0.2, 0.25) is 0 Å².